The summed E-state index contributed by atoms with van der Waals surface area (Å²) in [5, 5.41) is 14.0. The Balaban J connectivity index is 2.54. The van der Waals surface area contributed by atoms with Gasteiger partial charge in [-0.3, -0.25) is 19.7 Å². The fourth-order valence-electron chi connectivity index (χ4n) is 2.93. The topological polar surface area (TPSA) is 119 Å². The van der Waals surface area contributed by atoms with Gasteiger partial charge in [0, 0.05) is 24.2 Å². The lowest BCUT2D eigenvalue weighted by atomic mass is 10.1. The van der Waals surface area contributed by atoms with Crippen molar-refractivity contribution in [2.45, 2.75) is 27.7 Å². The summed E-state index contributed by atoms with van der Waals surface area (Å²) in [6.07, 6.45) is 0. The van der Waals surface area contributed by atoms with Crippen LogP contribution in [-0.4, -0.2) is 47.3 Å². The highest BCUT2D eigenvalue weighted by atomic mass is 35.5. The molecule has 11 heteroatoms. The van der Waals surface area contributed by atoms with Gasteiger partial charge in [0.15, 0.2) is 0 Å². The second kappa shape index (κ2) is 10.4. The van der Waals surface area contributed by atoms with Crippen LogP contribution >= 0.6 is 22.9 Å². The van der Waals surface area contributed by atoms with Crippen molar-refractivity contribution in [1.82, 2.24) is 4.90 Å². The highest BCUT2D eigenvalue weighted by molar-refractivity contribution is 7.18. The average Bonchev–Trinajstić information content (AvgIpc) is 3.04. The van der Waals surface area contributed by atoms with E-state index >= 15 is 0 Å². The summed E-state index contributed by atoms with van der Waals surface area (Å²) in [5.41, 5.74) is -0.282. The monoisotopic (exact) mass is 467 g/mol. The molecule has 0 unspecified atom stereocenters. The van der Waals surface area contributed by atoms with Gasteiger partial charge in [-0.05, 0) is 45.4 Å². The van der Waals surface area contributed by atoms with Gasteiger partial charge in [-0.1, -0.05) is 11.6 Å². The van der Waals surface area contributed by atoms with Crippen molar-refractivity contribution in [1.29, 1.82) is 0 Å². The van der Waals surface area contributed by atoms with E-state index in [-0.39, 0.29) is 38.5 Å². The highest BCUT2D eigenvalue weighted by Gasteiger charge is 2.29. The van der Waals surface area contributed by atoms with E-state index in [0.717, 1.165) is 17.4 Å². The number of anilines is 1. The van der Waals surface area contributed by atoms with E-state index in [4.69, 9.17) is 16.3 Å². The minimum Gasteiger partial charge on any atom is -0.462 e. The molecular weight excluding hydrogens is 446 g/mol. The van der Waals surface area contributed by atoms with Gasteiger partial charge in [0.1, 0.15) is 10.6 Å². The average molecular weight is 468 g/mol. The molecule has 0 bridgehead atoms. The maximum absolute atomic E-state index is 12.9. The van der Waals surface area contributed by atoms with Crippen molar-refractivity contribution >= 4 is 51.4 Å². The lowest BCUT2D eigenvalue weighted by Gasteiger charge is -2.18. The number of thiophene rings is 1. The number of amides is 2. The number of carbonyl (C=O) groups excluding carboxylic acids is 3. The third-order valence-electron chi connectivity index (χ3n) is 4.50. The van der Waals surface area contributed by atoms with Crippen LogP contribution in [0, 0.1) is 17.0 Å². The predicted octanol–water partition coefficient (Wildman–Crippen LogP) is 4.53. The number of hydrogen-bond acceptors (Lipinski definition) is 7. The molecule has 0 aliphatic heterocycles. The van der Waals surface area contributed by atoms with Crippen molar-refractivity contribution in [3.05, 3.63) is 54.9 Å². The Bertz CT molecular complexity index is 1030. The maximum Gasteiger partial charge on any atom is 0.341 e. The van der Waals surface area contributed by atoms with Crippen molar-refractivity contribution in [2.24, 2.45) is 0 Å². The quantitative estimate of drug-likeness (QED) is 0.346. The van der Waals surface area contributed by atoms with Crippen molar-refractivity contribution < 1.29 is 24.0 Å². The summed E-state index contributed by atoms with van der Waals surface area (Å²) in [6, 6.07) is 3.64. The minimum absolute atomic E-state index is 0.0484. The lowest BCUT2D eigenvalue weighted by Crippen LogP contribution is -2.30. The summed E-state index contributed by atoms with van der Waals surface area (Å²) in [5.74, 6) is -1.79. The summed E-state index contributed by atoms with van der Waals surface area (Å²) >= 11 is 6.73. The van der Waals surface area contributed by atoms with Crippen molar-refractivity contribution in [3.63, 3.8) is 0 Å². The number of ether oxygens (including phenoxy) is 1. The van der Waals surface area contributed by atoms with Gasteiger partial charge in [-0.15, -0.1) is 11.3 Å². The molecule has 0 atom stereocenters. The van der Waals surface area contributed by atoms with E-state index < -0.39 is 22.5 Å². The van der Waals surface area contributed by atoms with Gasteiger partial charge in [0.05, 0.1) is 22.0 Å². The third-order valence-corrected chi connectivity index (χ3v) is 5.93. The molecule has 0 radical (unpaired) electrons. The maximum atomic E-state index is 12.9. The first-order valence-corrected chi connectivity index (χ1v) is 10.7. The van der Waals surface area contributed by atoms with Crippen LogP contribution < -0.4 is 5.32 Å². The van der Waals surface area contributed by atoms with Crippen molar-refractivity contribution in [3.8, 4) is 0 Å². The first-order valence-electron chi connectivity index (χ1n) is 9.51. The number of nitro benzene ring substituents is 1. The standard InChI is InChI=1S/C20H22ClN3O6S/c1-5-23(6-2)19(26)16-11(4)15(20(27)30-7-3)18(31-16)22-17(25)13-9-8-12(21)10-14(13)24(28)29/h8-10H,5-7H2,1-4H3,(H,22,25). The van der Waals surface area contributed by atoms with Crippen LogP contribution in [0.15, 0.2) is 18.2 Å². The highest BCUT2D eigenvalue weighted by Crippen LogP contribution is 2.35. The number of nitro groups is 1. The van der Waals surface area contributed by atoms with E-state index in [1.165, 1.54) is 12.1 Å². The van der Waals surface area contributed by atoms with Gasteiger partial charge < -0.3 is 15.0 Å². The fraction of sp³-hybridized carbons (Fsp3) is 0.350. The molecule has 0 aliphatic carbocycles. The third kappa shape index (κ3) is 5.20. The first kappa shape index (κ1) is 24.3. The zero-order chi connectivity index (χ0) is 23.3. The van der Waals surface area contributed by atoms with Gasteiger partial charge >= 0.3 is 5.97 Å². The number of hydrogen-bond donors (Lipinski definition) is 1. The molecule has 166 valence electrons. The van der Waals surface area contributed by atoms with Crippen LogP contribution in [0.1, 0.15) is 56.7 Å². The van der Waals surface area contributed by atoms with Gasteiger partial charge in [0.25, 0.3) is 17.5 Å². The largest absolute Gasteiger partial charge is 0.462 e. The number of benzene rings is 1. The Morgan fingerprint density at radius 1 is 1.23 bits per heavy atom. The molecular formula is C20H22ClN3O6S. The normalized spacial score (nSPS) is 10.5. The number of nitrogens with zero attached hydrogens (tertiary/aromatic N) is 2. The Morgan fingerprint density at radius 2 is 1.87 bits per heavy atom. The molecule has 31 heavy (non-hydrogen) atoms. The number of rotatable bonds is 8. The van der Waals surface area contributed by atoms with Crippen LogP contribution in [0.3, 0.4) is 0 Å². The summed E-state index contributed by atoms with van der Waals surface area (Å²) in [6.45, 7) is 7.94. The van der Waals surface area contributed by atoms with E-state index in [1.807, 2.05) is 13.8 Å². The van der Waals surface area contributed by atoms with E-state index in [2.05, 4.69) is 5.32 Å². The van der Waals surface area contributed by atoms with Crippen LogP contribution in [0.2, 0.25) is 5.02 Å². The number of halogens is 1. The van der Waals surface area contributed by atoms with Crippen molar-refractivity contribution in [2.75, 3.05) is 25.0 Å². The SMILES string of the molecule is CCOC(=O)c1c(NC(=O)c2ccc(Cl)cc2[N+](=O)[O-])sc(C(=O)N(CC)CC)c1C. The molecule has 2 aromatic rings. The van der Waals surface area contributed by atoms with Gasteiger partial charge in [0.2, 0.25) is 0 Å². The minimum atomic E-state index is -0.808. The van der Waals surface area contributed by atoms with E-state index in [1.54, 1.807) is 18.7 Å². The lowest BCUT2D eigenvalue weighted by molar-refractivity contribution is -0.385. The molecule has 0 saturated carbocycles. The molecule has 1 aromatic heterocycles. The van der Waals surface area contributed by atoms with E-state index in [0.29, 0.717) is 18.7 Å². The summed E-state index contributed by atoms with van der Waals surface area (Å²) < 4.78 is 5.09. The zero-order valence-electron chi connectivity index (χ0n) is 17.5. The smallest absolute Gasteiger partial charge is 0.341 e. The molecule has 1 N–H and O–H groups in total. The molecule has 1 aromatic carbocycles. The summed E-state index contributed by atoms with van der Waals surface area (Å²) in [4.78, 5) is 50.7. The molecule has 9 nitrogen and oxygen atoms in total. The second-order valence-corrected chi connectivity index (χ2v) is 7.79. The molecule has 2 rings (SSSR count). The Labute approximate surface area is 188 Å². The van der Waals surface area contributed by atoms with Gasteiger partial charge in [-0.25, -0.2) is 4.79 Å². The molecule has 1 heterocycles. The summed E-state index contributed by atoms with van der Waals surface area (Å²) in [7, 11) is 0. The molecule has 0 fully saturated rings. The zero-order valence-corrected chi connectivity index (χ0v) is 19.1. The first-order chi connectivity index (χ1) is 14.7. The number of nitrogens with one attached hydrogen (secondary N) is 1. The predicted molar refractivity (Wildman–Crippen MR) is 118 cm³/mol. The Kier molecular flexibility index (Phi) is 8.12. The Morgan fingerprint density at radius 3 is 2.42 bits per heavy atom. The molecule has 2 amide bonds. The fourth-order valence-corrected chi connectivity index (χ4v) is 4.25. The number of carbonyl (C=O) groups is 3. The molecule has 0 spiro atoms. The number of esters is 1. The van der Waals surface area contributed by atoms with Gasteiger partial charge in [-0.2, -0.15) is 0 Å². The van der Waals surface area contributed by atoms with Crippen LogP contribution in [0.5, 0.6) is 0 Å². The second-order valence-electron chi connectivity index (χ2n) is 6.33. The molecule has 0 saturated heterocycles. The van der Waals surface area contributed by atoms with Crippen LogP contribution in [0.4, 0.5) is 10.7 Å². The molecule has 0 aliphatic rings. The Hall–Kier alpha value is -2.98. The van der Waals surface area contributed by atoms with Crippen LogP contribution in [-0.2, 0) is 4.74 Å². The van der Waals surface area contributed by atoms with Crippen LogP contribution in [0.25, 0.3) is 0 Å². The van der Waals surface area contributed by atoms with E-state index in [9.17, 15) is 24.5 Å².